The molecule has 3 aromatic heterocycles. The number of anilines is 1. The Balaban J connectivity index is 1.36. The summed E-state index contributed by atoms with van der Waals surface area (Å²) in [5.41, 5.74) is 2.49. The molecule has 3 heterocycles. The third-order valence-corrected chi connectivity index (χ3v) is 5.75. The highest BCUT2D eigenvalue weighted by Crippen LogP contribution is 2.18. The molecule has 25 heavy (non-hydrogen) atoms. The van der Waals surface area contributed by atoms with Crippen LogP contribution < -0.4 is 5.32 Å². The number of rotatable bonds is 9. The lowest BCUT2D eigenvalue weighted by atomic mass is 10.2. The molecule has 0 spiro atoms. The Bertz CT molecular complexity index is 778. The zero-order valence-corrected chi connectivity index (χ0v) is 15.7. The molecule has 0 aliphatic rings. The molecule has 0 fully saturated rings. The predicted octanol–water partition coefficient (Wildman–Crippen LogP) is 2.48. The molecule has 0 saturated carbocycles. The maximum atomic E-state index is 12.0. The van der Waals surface area contributed by atoms with Gasteiger partial charge in [-0.2, -0.15) is 11.8 Å². The van der Waals surface area contributed by atoms with Crippen molar-refractivity contribution < 1.29 is 4.79 Å². The minimum atomic E-state index is -0.132. The summed E-state index contributed by atoms with van der Waals surface area (Å²) in [4.78, 5) is 16.1. The molecule has 1 amide bonds. The number of hydrogen-bond donors (Lipinski definition) is 1. The largest absolute Gasteiger partial charge is 0.300 e. The van der Waals surface area contributed by atoms with Gasteiger partial charge in [0.05, 0.1) is 6.42 Å². The lowest BCUT2D eigenvalue weighted by Gasteiger charge is -2.00. The number of carbonyl (C=O) groups excluding carboxylic acids is 1. The number of thioether (sulfide) groups is 1. The van der Waals surface area contributed by atoms with E-state index in [1.807, 2.05) is 30.0 Å². The molecule has 3 rings (SSSR count). The number of nitrogens with zero attached hydrogens (tertiary/aromatic N) is 5. The van der Waals surface area contributed by atoms with E-state index in [0.29, 0.717) is 5.13 Å². The van der Waals surface area contributed by atoms with Gasteiger partial charge in [-0.1, -0.05) is 17.4 Å². The number of nitrogens with one attached hydrogen (secondary N) is 1. The van der Waals surface area contributed by atoms with E-state index in [4.69, 9.17) is 0 Å². The van der Waals surface area contributed by atoms with Crippen LogP contribution in [0.2, 0.25) is 0 Å². The Morgan fingerprint density at radius 2 is 2.00 bits per heavy atom. The number of aryl methyl sites for hydroxylation is 2. The molecule has 0 bridgehead atoms. The van der Waals surface area contributed by atoms with Crippen molar-refractivity contribution in [3.63, 3.8) is 0 Å². The lowest BCUT2D eigenvalue weighted by Crippen LogP contribution is -2.14. The molecule has 1 N–H and O–H groups in total. The van der Waals surface area contributed by atoms with Crippen molar-refractivity contribution in [3.05, 3.63) is 45.6 Å². The topological polar surface area (TPSA) is 93.6 Å². The third kappa shape index (κ3) is 6.15. The Morgan fingerprint density at radius 1 is 1.12 bits per heavy atom. The fourth-order valence-electron chi connectivity index (χ4n) is 1.96. The Hall–Kier alpha value is -1.91. The molecule has 0 aromatic carbocycles. The van der Waals surface area contributed by atoms with Gasteiger partial charge < -0.3 is 5.32 Å². The smallest absolute Gasteiger partial charge is 0.232 e. The average molecular weight is 393 g/mol. The fraction of sp³-hybridized carbons (Fsp3) is 0.333. The van der Waals surface area contributed by atoms with Gasteiger partial charge in [-0.05, 0) is 23.6 Å². The van der Waals surface area contributed by atoms with Crippen molar-refractivity contribution in [2.24, 2.45) is 0 Å². The summed E-state index contributed by atoms with van der Waals surface area (Å²) in [6.07, 6.45) is 3.69. The van der Waals surface area contributed by atoms with E-state index < -0.39 is 0 Å². The SMILES string of the molecule is O=C(Cc1ccccn1)Nc1nnc(CCSCCc2nncs2)s1. The molecule has 0 radical (unpaired) electrons. The number of pyridine rings is 1. The van der Waals surface area contributed by atoms with Crippen molar-refractivity contribution in [3.8, 4) is 0 Å². The van der Waals surface area contributed by atoms with Crippen molar-refractivity contribution in [2.45, 2.75) is 19.3 Å². The lowest BCUT2D eigenvalue weighted by molar-refractivity contribution is -0.115. The van der Waals surface area contributed by atoms with Gasteiger partial charge in [0.25, 0.3) is 0 Å². The molecule has 0 aliphatic heterocycles. The minimum absolute atomic E-state index is 0.132. The molecule has 130 valence electrons. The summed E-state index contributed by atoms with van der Waals surface area (Å²) in [6.45, 7) is 0. The van der Waals surface area contributed by atoms with Crippen LogP contribution >= 0.6 is 34.4 Å². The van der Waals surface area contributed by atoms with Crippen molar-refractivity contribution >= 4 is 45.5 Å². The molecule has 0 atom stereocenters. The first-order valence-electron chi connectivity index (χ1n) is 7.64. The van der Waals surface area contributed by atoms with Gasteiger partial charge in [0.2, 0.25) is 11.0 Å². The van der Waals surface area contributed by atoms with E-state index in [0.717, 1.165) is 40.1 Å². The first-order chi connectivity index (χ1) is 12.3. The Kier molecular flexibility index (Phi) is 6.83. The standard InChI is InChI=1S/C15H16N6OS3/c22-12(9-11-3-1-2-6-16-11)18-15-21-20-14(25-15)5-8-23-7-4-13-19-17-10-24-13/h1-3,6,10H,4-5,7-9H2,(H,18,21,22). The van der Waals surface area contributed by atoms with Crippen LogP contribution in [0.3, 0.4) is 0 Å². The normalized spacial score (nSPS) is 10.7. The second-order valence-corrected chi connectivity index (χ2v) is 8.20. The molecular formula is C15H16N6OS3. The second-order valence-electron chi connectivity index (χ2n) is 4.99. The summed E-state index contributed by atoms with van der Waals surface area (Å²) in [5, 5.41) is 21.3. The maximum Gasteiger partial charge on any atom is 0.232 e. The summed E-state index contributed by atoms with van der Waals surface area (Å²) < 4.78 is 0. The maximum absolute atomic E-state index is 12.0. The Labute approximate surface area is 157 Å². The second kappa shape index (κ2) is 9.54. The zero-order chi connectivity index (χ0) is 17.3. The van der Waals surface area contributed by atoms with Crippen LogP contribution in [-0.2, 0) is 24.1 Å². The fourth-order valence-corrected chi connectivity index (χ4v) is 4.39. The molecular weight excluding hydrogens is 376 g/mol. The summed E-state index contributed by atoms with van der Waals surface area (Å²) in [6, 6.07) is 5.51. The highest BCUT2D eigenvalue weighted by atomic mass is 32.2. The van der Waals surface area contributed by atoms with Crippen LogP contribution in [-0.4, -0.2) is 42.8 Å². The van der Waals surface area contributed by atoms with Crippen LogP contribution in [0, 0.1) is 0 Å². The monoisotopic (exact) mass is 392 g/mol. The van der Waals surface area contributed by atoms with Gasteiger partial charge in [0, 0.05) is 24.7 Å². The molecule has 0 unspecified atom stereocenters. The van der Waals surface area contributed by atoms with Gasteiger partial charge in [-0.3, -0.25) is 9.78 Å². The van der Waals surface area contributed by atoms with E-state index in [9.17, 15) is 4.79 Å². The summed E-state index contributed by atoms with van der Waals surface area (Å²) in [5.74, 6) is 1.85. The van der Waals surface area contributed by atoms with Crippen molar-refractivity contribution in [2.75, 3.05) is 16.8 Å². The van der Waals surface area contributed by atoms with Crippen molar-refractivity contribution in [1.82, 2.24) is 25.4 Å². The zero-order valence-electron chi connectivity index (χ0n) is 13.3. The van der Waals surface area contributed by atoms with E-state index >= 15 is 0 Å². The molecule has 3 aromatic rings. The van der Waals surface area contributed by atoms with E-state index in [1.54, 1.807) is 23.0 Å². The van der Waals surface area contributed by atoms with Gasteiger partial charge in [-0.15, -0.1) is 31.7 Å². The van der Waals surface area contributed by atoms with E-state index in [1.165, 1.54) is 11.3 Å². The van der Waals surface area contributed by atoms with Gasteiger partial charge in [-0.25, -0.2) is 0 Å². The summed E-state index contributed by atoms with van der Waals surface area (Å²) in [7, 11) is 0. The molecule has 0 saturated heterocycles. The molecule has 7 nitrogen and oxygen atoms in total. The van der Waals surface area contributed by atoms with Crippen LogP contribution in [0.5, 0.6) is 0 Å². The number of amides is 1. The first-order valence-corrected chi connectivity index (χ1v) is 10.5. The number of carbonyl (C=O) groups is 1. The van der Waals surface area contributed by atoms with Crippen LogP contribution in [0.1, 0.15) is 15.7 Å². The molecule has 10 heteroatoms. The van der Waals surface area contributed by atoms with Crippen molar-refractivity contribution in [1.29, 1.82) is 0 Å². The van der Waals surface area contributed by atoms with Crippen LogP contribution in [0.4, 0.5) is 5.13 Å². The first kappa shape index (κ1) is 17.9. The van der Waals surface area contributed by atoms with Gasteiger partial charge in [0.15, 0.2) is 0 Å². The average Bonchev–Trinajstić information content (AvgIpc) is 3.27. The highest BCUT2D eigenvalue weighted by Gasteiger charge is 2.09. The quantitative estimate of drug-likeness (QED) is 0.559. The third-order valence-electron chi connectivity index (χ3n) is 3.11. The van der Waals surface area contributed by atoms with Gasteiger partial charge in [0.1, 0.15) is 15.5 Å². The van der Waals surface area contributed by atoms with E-state index in [2.05, 4.69) is 30.7 Å². The van der Waals surface area contributed by atoms with Crippen LogP contribution in [0.25, 0.3) is 0 Å². The number of aromatic nitrogens is 5. The highest BCUT2D eigenvalue weighted by molar-refractivity contribution is 7.99. The number of hydrogen-bond acceptors (Lipinski definition) is 9. The van der Waals surface area contributed by atoms with E-state index in [-0.39, 0.29) is 12.3 Å². The Morgan fingerprint density at radius 3 is 2.76 bits per heavy atom. The van der Waals surface area contributed by atoms with Crippen LogP contribution in [0.15, 0.2) is 29.9 Å². The molecule has 0 aliphatic carbocycles. The summed E-state index contributed by atoms with van der Waals surface area (Å²) >= 11 is 4.86. The predicted molar refractivity (Wildman–Crippen MR) is 101 cm³/mol. The van der Waals surface area contributed by atoms with Gasteiger partial charge >= 0.3 is 0 Å². The minimum Gasteiger partial charge on any atom is -0.300 e.